The fraction of sp³-hybridized carbons (Fsp3) is 0.0909. The van der Waals surface area contributed by atoms with E-state index in [4.69, 9.17) is 32.4 Å². The minimum Gasteiger partial charge on any atom is -0.494 e. The molecule has 0 radical (unpaired) electrons. The first kappa shape index (κ1) is 20.6. The predicted octanol–water partition coefficient (Wildman–Crippen LogP) is 6.54. The first-order valence-corrected chi connectivity index (χ1v) is 10.7. The molecule has 3 aromatic rings. The molecule has 8 heteroatoms. The van der Waals surface area contributed by atoms with E-state index in [9.17, 15) is 4.79 Å². The van der Waals surface area contributed by atoms with E-state index in [1.165, 1.54) is 11.8 Å². The van der Waals surface area contributed by atoms with E-state index in [0.29, 0.717) is 38.2 Å². The van der Waals surface area contributed by atoms with Gasteiger partial charge in [-0.25, -0.2) is 4.99 Å². The van der Waals surface area contributed by atoms with Crippen LogP contribution in [0, 0.1) is 0 Å². The van der Waals surface area contributed by atoms with Gasteiger partial charge in [-0.05, 0) is 73.3 Å². The van der Waals surface area contributed by atoms with Crippen molar-refractivity contribution in [3.05, 3.63) is 75.3 Å². The standard InChI is InChI=1S/C22H16Cl2N2O3S/c1-2-28-15-6-4-14(5-7-15)25-22-26-21(27)20(30-22)12-16-8-10-19(29-16)13-3-9-17(23)18(24)11-13/h3-12H,2H2,1H3,(H,25,26,27). The Labute approximate surface area is 187 Å². The number of carbonyl (C=O) groups is 1. The summed E-state index contributed by atoms with van der Waals surface area (Å²) in [5, 5.41) is 4.20. The number of amidine groups is 1. The van der Waals surface area contributed by atoms with Gasteiger partial charge < -0.3 is 14.5 Å². The number of rotatable bonds is 5. The molecule has 0 unspecified atom stereocenters. The molecule has 1 saturated heterocycles. The van der Waals surface area contributed by atoms with Crippen molar-refractivity contribution in [3.8, 4) is 17.1 Å². The van der Waals surface area contributed by atoms with Gasteiger partial charge >= 0.3 is 0 Å². The molecule has 0 bridgehead atoms. The normalized spacial score (nSPS) is 16.3. The number of furan rings is 1. The molecule has 1 aliphatic heterocycles. The average Bonchev–Trinajstić information content (AvgIpc) is 3.33. The van der Waals surface area contributed by atoms with Crippen LogP contribution in [0.4, 0.5) is 5.69 Å². The molecule has 0 aliphatic carbocycles. The fourth-order valence-corrected chi connectivity index (χ4v) is 3.87. The average molecular weight is 459 g/mol. The largest absolute Gasteiger partial charge is 0.494 e. The number of nitrogens with zero attached hydrogens (tertiary/aromatic N) is 1. The summed E-state index contributed by atoms with van der Waals surface area (Å²) in [6.07, 6.45) is 1.68. The molecule has 1 fully saturated rings. The van der Waals surface area contributed by atoms with Gasteiger partial charge in [-0.2, -0.15) is 0 Å². The van der Waals surface area contributed by atoms with Crippen LogP contribution in [0.25, 0.3) is 17.4 Å². The van der Waals surface area contributed by atoms with Gasteiger partial charge in [0.2, 0.25) is 0 Å². The number of ether oxygens (including phenoxy) is 1. The number of aliphatic imine (C=N–C) groups is 1. The van der Waals surface area contributed by atoms with E-state index in [2.05, 4.69) is 10.3 Å². The maximum Gasteiger partial charge on any atom is 0.264 e. The van der Waals surface area contributed by atoms with Crippen molar-refractivity contribution in [2.24, 2.45) is 4.99 Å². The van der Waals surface area contributed by atoms with E-state index < -0.39 is 0 Å². The van der Waals surface area contributed by atoms with E-state index >= 15 is 0 Å². The summed E-state index contributed by atoms with van der Waals surface area (Å²) in [6.45, 7) is 2.53. The van der Waals surface area contributed by atoms with Gasteiger partial charge in [-0.3, -0.25) is 4.79 Å². The predicted molar refractivity (Wildman–Crippen MR) is 123 cm³/mol. The Hall–Kier alpha value is -2.67. The fourth-order valence-electron chi connectivity index (χ4n) is 2.75. The molecule has 2 heterocycles. The van der Waals surface area contributed by atoms with Gasteiger partial charge in [0.1, 0.15) is 17.3 Å². The Morgan fingerprint density at radius 3 is 2.63 bits per heavy atom. The van der Waals surface area contributed by atoms with Crippen molar-refractivity contribution in [1.82, 2.24) is 5.32 Å². The third-order valence-electron chi connectivity index (χ3n) is 4.13. The van der Waals surface area contributed by atoms with E-state index in [0.717, 1.165) is 17.0 Å². The van der Waals surface area contributed by atoms with E-state index in [-0.39, 0.29) is 5.91 Å². The van der Waals surface area contributed by atoms with Gasteiger partial charge in [0.05, 0.1) is 27.2 Å². The van der Waals surface area contributed by atoms with Crippen LogP contribution in [0.3, 0.4) is 0 Å². The van der Waals surface area contributed by atoms with Crippen molar-refractivity contribution in [3.63, 3.8) is 0 Å². The van der Waals surface area contributed by atoms with Crippen LogP contribution in [0.1, 0.15) is 12.7 Å². The number of hydrogen-bond acceptors (Lipinski definition) is 5. The lowest BCUT2D eigenvalue weighted by atomic mass is 10.2. The summed E-state index contributed by atoms with van der Waals surface area (Å²) in [7, 11) is 0. The number of halogens is 2. The first-order chi connectivity index (χ1) is 14.5. The molecule has 0 spiro atoms. The third kappa shape index (κ3) is 4.73. The molecule has 1 aromatic heterocycles. The maximum atomic E-state index is 12.3. The lowest BCUT2D eigenvalue weighted by Crippen LogP contribution is -2.19. The van der Waals surface area contributed by atoms with Gasteiger partial charge in [0.25, 0.3) is 5.91 Å². The summed E-state index contributed by atoms with van der Waals surface area (Å²) in [6, 6.07) is 16.2. The highest BCUT2D eigenvalue weighted by Crippen LogP contribution is 2.32. The zero-order chi connectivity index (χ0) is 21.1. The number of carbonyl (C=O) groups excluding carboxylic acids is 1. The molecule has 5 nitrogen and oxygen atoms in total. The summed E-state index contributed by atoms with van der Waals surface area (Å²) < 4.78 is 11.3. The van der Waals surface area contributed by atoms with Gasteiger partial charge in [0.15, 0.2) is 5.17 Å². The van der Waals surface area contributed by atoms with Crippen molar-refractivity contribution >= 4 is 57.8 Å². The highest BCUT2D eigenvalue weighted by atomic mass is 35.5. The van der Waals surface area contributed by atoms with E-state index in [1.54, 1.807) is 24.3 Å². The number of amides is 1. The molecule has 1 N–H and O–H groups in total. The van der Waals surface area contributed by atoms with Crippen molar-refractivity contribution in [2.75, 3.05) is 6.61 Å². The second-order valence-electron chi connectivity index (χ2n) is 6.24. The van der Waals surface area contributed by atoms with Crippen LogP contribution in [0.2, 0.25) is 10.0 Å². The van der Waals surface area contributed by atoms with Crippen LogP contribution in [-0.4, -0.2) is 17.7 Å². The smallest absolute Gasteiger partial charge is 0.264 e. The highest BCUT2D eigenvalue weighted by Gasteiger charge is 2.24. The second-order valence-corrected chi connectivity index (χ2v) is 8.08. The monoisotopic (exact) mass is 458 g/mol. The number of thioether (sulfide) groups is 1. The molecule has 4 rings (SSSR count). The van der Waals surface area contributed by atoms with Crippen LogP contribution < -0.4 is 10.1 Å². The molecular weight excluding hydrogens is 443 g/mol. The van der Waals surface area contributed by atoms with E-state index in [1.807, 2.05) is 43.3 Å². The third-order valence-corrected chi connectivity index (χ3v) is 5.78. The summed E-state index contributed by atoms with van der Waals surface area (Å²) in [4.78, 5) is 17.3. The van der Waals surface area contributed by atoms with Crippen LogP contribution in [0.15, 0.2) is 68.9 Å². The lowest BCUT2D eigenvalue weighted by Gasteiger charge is -2.02. The number of benzene rings is 2. The number of nitrogens with one attached hydrogen (secondary N) is 1. The second kappa shape index (κ2) is 9.00. The molecule has 2 aromatic carbocycles. The lowest BCUT2D eigenvalue weighted by molar-refractivity contribution is -0.115. The summed E-state index contributed by atoms with van der Waals surface area (Å²) in [5.41, 5.74) is 1.53. The molecule has 1 amide bonds. The van der Waals surface area contributed by atoms with Crippen molar-refractivity contribution < 1.29 is 13.9 Å². The van der Waals surface area contributed by atoms with Gasteiger partial charge in [0, 0.05) is 11.6 Å². The SMILES string of the molecule is CCOc1ccc(N=C2NC(=O)C(=Cc3ccc(-c4ccc(Cl)c(Cl)c4)o3)S2)cc1. The minimum absolute atomic E-state index is 0.225. The molecule has 0 saturated carbocycles. The zero-order valence-electron chi connectivity index (χ0n) is 15.8. The van der Waals surface area contributed by atoms with Gasteiger partial charge in [-0.1, -0.05) is 23.2 Å². The Morgan fingerprint density at radius 2 is 1.90 bits per heavy atom. The Kier molecular flexibility index (Phi) is 6.18. The Bertz CT molecular complexity index is 1150. The number of hydrogen-bond donors (Lipinski definition) is 1. The maximum absolute atomic E-state index is 12.3. The molecule has 152 valence electrons. The zero-order valence-corrected chi connectivity index (χ0v) is 18.1. The highest BCUT2D eigenvalue weighted by molar-refractivity contribution is 8.18. The van der Waals surface area contributed by atoms with Crippen LogP contribution >= 0.6 is 35.0 Å². The minimum atomic E-state index is -0.225. The van der Waals surface area contributed by atoms with Gasteiger partial charge in [-0.15, -0.1) is 0 Å². The van der Waals surface area contributed by atoms with Crippen LogP contribution in [-0.2, 0) is 4.79 Å². The summed E-state index contributed by atoms with van der Waals surface area (Å²) >= 11 is 13.3. The summed E-state index contributed by atoms with van der Waals surface area (Å²) in [5.74, 6) is 1.74. The molecule has 30 heavy (non-hydrogen) atoms. The quantitative estimate of drug-likeness (QED) is 0.440. The topological polar surface area (TPSA) is 63.8 Å². The first-order valence-electron chi connectivity index (χ1n) is 9.09. The van der Waals surface area contributed by atoms with Crippen molar-refractivity contribution in [1.29, 1.82) is 0 Å². The Balaban J connectivity index is 1.50. The molecule has 1 aliphatic rings. The molecule has 0 atom stereocenters. The van der Waals surface area contributed by atoms with Crippen molar-refractivity contribution in [2.45, 2.75) is 6.92 Å². The Morgan fingerprint density at radius 1 is 1.10 bits per heavy atom. The van der Waals surface area contributed by atoms with Crippen LogP contribution in [0.5, 0.6) is 5.75 Å². The molecular formula is C22H16Cl2N2O3S.